The first-order chi connectivity index (χ1) is 12.7. The van der Waals surface area contributed by atoms with Crippen LogP contribution < -0.4 is 5.32 Å². The van der Waals surface area contributed by atoms with Gasteiger partial charge in [0.25, 0.3) is 5.91 Å². The lowest BCUT2D eigenvalue weighted by molar-refractivity contribution is 0.0694. The summed E-state index contributed by atoms with van der Waals surface area (Å²) in [5.41, 5.74) is 3.42. The van der Waals surface area contributed by atoms with Crippen LogP contribution in [0.3, 0.4) is 0 Å². The molecule has 4 heterocycles. The third-order valence-electron chi connectivity index (χ3n) is 4.51. The topological polar surface area (TPSA) is 77.0 Å². The molecule has 7 heteroatoms. The number of amides is 1. The highest BCUT2D eigenvalue weighted by atomic mass is 32.1. The lowest BCUT2D eigenvalue weighted by Gasteiger charge is -2.23. The molecule has 0 spiro atoms. The van der Waals surface area contributed by atoms with Crippen molar-refractivity contribution < 1.29 is 9.53 Å². The van der Waals surface area contributed by atoms with Gasteiger partial charge in [-0.3, -0.25) is 4.79 Å². The molecular weight excluding hydrogens is 348 g/mol. The van der Waals surface area contributed by atoms with Crippen LogP contribution >= 0.6 is 11.3 Å². The van der Waals surface area contributed by atoms with E-state index in [9.17, 15) is 4.79 Å². The highest BCUT2D eigenvalue weighted by Gasteiger charge is 2.19. The quantitative estimate of drug-likeness (QED) is 0.766. The van der Waals surface area contributed by atoms with E-state index in [2.05, 4.69) is 20.3 Å². The molecule has 1 aliphatic heterocycles. The van der Waals surface area contributed by atoms with Crippen LogP contribution in [0.2, 0.25) is 0 Å². The summed E-state index contributed by atoms with van der Waals surface area (Å²) in [5, 5.41) is 5.09. The van der Waals surface area contributed by atoms with Crippen molar-refractivity contribution in [3.05, 3.63) is 52.6 Å². The average Bonchev–Trinajstić information content (AvgIpc) is 3.13. The van der Waals surface area contributed by atoms with Crippen LogP contribution in [0, 0.1) is 6.92 Å². The Balaban J connectivity index is 1.61. The number of nitrogens with one attached hydrogen (secondary N) is 1. The number of carbonyl (C=O) groups is 1. The number of carbonyl (C=O) groups excluding carboxylic acids is 1. The second kappa shape index (κ2) is 7.47. The number of aryl methyl sites for hydroxylation is 1. The molecule has 1 N–H and O–H groups in total. The average molecular weight is 368 g/mol. The number of hydrogen-bond acceptors (Lipinski definition) is 6. The van der Waals surface area contributed by atoms with Gasteiger partial charge < -0.3 is 10.1 Å². The van der Waals surface area contributed by atoms with Gasteiger partial charge in [-0.05, 0) is 48.4 Å². The summed E-state index contributed by atoms with van der Waals surface area (Å²) in [5.74, 6) is 0.632. The Kier molecular flexibility index (Phi) is 4.90. The van der Waals surface area contributed by atoms with Gasteiger partial charge in [0.15, 0.2) is 0 Å². The van der Waals surface area contributed by atoms with Crippen molar-refractivity contribution in [2.24, 2.45) is 0 Å². The zero-order chi connectivity index (χ0) is 17.9. The molecule has 6 nitrogen and oxygen atoms in total. The molecule has 134 valence electrons. The van der Waals surface area contributed by atoms with Crippen molar-refractivity contribution in [2.75, 3.05) is 13.2 Å². The summed E-state index contributed by atoms with van der Waals surface area (Å²) in [6.45, 7) is 3.26. The van der Waals surface area contributed by atoms with Crippen LogP contribution in [0.1, 0.15) is 40.3 Å². The Morgan fingerprint density at radius 2 is 2.08 bits per heavy atom. The molecule has 3 aromatic heterocycles. The summed E-state index contributed by atoms with van der Waals surface area (Å²) >= 11 is 1.64. The number of hydrogen-bond donors (Lipinski definition) is 1. The third-order valence-corrected chi connectivity index (χ3v) is 5.49. The van der Waals surface area contributed by atoms with Gasteiger partial charge in [0.1, 0.15) is 11.5 Å². The maximum Gasteiger partial charge on any atom is 0.270 e. The fourth-order valence-electron chi connectivity index (χ4n) is 3.10. The minimum Gasteiger partial charge on any atom is -0.381 e. The Hall–Kier alpha value is -2.38. The SMILES string of the molecule is Cc1ncc(Cc2cc(C(=O)NC3CCOCC3)nc3ccsc23)cn1. The normalized spacial score (nSPS) is 15.3. The molecule has 0 saturated carbocycles. The Morgan fingerprint density at radius 1 is 1.31 bits per heavy atom. The molecule has 0 atom stereocenters. The van der Waals surface area contributed by atoms with Gasteiger partial charge in [-0.15, -0.1) is 11.3 Å². The lowest BCUT2D eigenvalue weighted by atomic mass is 10.1. The van der Waals surface area contributed by atoms with Crippen molar-refractivity contribution in [1.82, 2.24) is 20.3 Å². The standard InChI is InChI=1S/C19H20N4O2S/c1-12-20-10-13(11-21-12)8-14-9-17(23-16-4-7-26-18(14)16)19(24)22-15-2-5-25-6-3-15/h4,7,9-11,15H,2-3,5-6,8H2,1H3,(H,22,24). The van der Waals surface area contributed by atoms with Crippen LogP contribution in [0.5, 0.6) is 0 Å². The summed E-state index contributed by atoms with van der Waals surface area (Å²) in [6, 6.07) is 4.01. The fourth-order valence-corrected chi connectivity index (χ4v) is 3.95. The zero-order valence-electron chi connectivity index (χ0n) is 14.6. The summed E-state index contributed by atoms with van der Waals surface area (Å²) < 4.78 is 6.46. The zero-order valence-corrected chi connectivity index (χ0v) is 15.4. The lowest BCUT2D eigenvalue weighted by Crippen LogP contribution is -2.39. The monoisotopic (exact) mass is 368 g/mol. The molecule has 0 radical (unpaired) electrons. The summed E-state index contributed by atoms with van der Waals surface area (Å²) in [4.78, 5) is 25.8. The largest absolute Gasteiger partial charge is 0.381 e. The van der Waals surface area contributed by atoms with Crippen molar-refractivity contribution >= 4 is 27.5 Å². The van der Waals surface area contributed by atoms with Gasteiger partial charge >= 0.3 is 0 Å². The first-order valence-corrected chi connectivity index (χ1v) is 9.60. The van der Waals surface area contributed by atoms with Crippen LogP contribution in [-0.2, 0) is 11.2 Å². The first kappa shape index (κ1) is 17.1. The van der Waals surface area contributed by atoms with Gasteiger partial charge in [0.05, 0.1) is 10.2 Å². The second-order valence-corrected chi connectivity index (χ2v) is 7.39. The van der Waals surface area contributed by atoms with Crippen LogP contribution in [0.15, 0.2) is 29.9 Å². The van der Waals surface area contributed by atoms with Gasteiger partial charge in [-0.1, -0.05) is 0 Å². The summed E-state index contributed by atoms with van der Waals surface area (Å²) in [6.07, 6.45) is 6.05. The molecule has 26 heavy (non-hydrogen) atoms. The molecule has 4 rings (SSSR count). The van der Waals surface area contributed by atoms with Crippen molar-refractivity contribution in [2.45, 2.75) is 32.2 Å². The Labute approximate surface area is 155 Å². The maximum absolute atomic E-state index is 12.7. The molecule has 0 aromatic carbocycles. The molecular formula is C19H20N4O2S. The van der Waals surface area contributed by atoms with E-state index in [0.29, 0.717) is 25.3 Å². The first-order valence-electron chi connectivity index (χ1n) is 8.72. The van der Waals surface area contributed by atoms with Crippen molar-refractivity contribution in [3.63, 3.8) is 0 Å². The van der Waals surface area contributed by atoms with E-state index in [1.807, 2.05) is 36.8 Å². The predicted molar refractivity (Wildman–Crippen MR) is 101 cm³/mol. The number of nitrogens with zero attached hydrogens (tertiary/aromatic N) is 3. The molecule has 0 aliphatic carbocycles. The maximum atomic E-state index is 12.7. The third kappa shape index (κ3) is 3.73. The Bertz CT molecular complexity index is 917. The highest BCUT2D eigenvalue weighted by Crippen LogP contribution is 2.26. The molecule has 1 amide bonds. The number of thiophene rings is 1. The van der Waals surface area contributed by atoms with Gasteiger partial charge in [0, 0.05) is 38.1 Å². The predicted octanol–water partition coefficient (Wildman–Crippen LogP) is 2.89. The number of pyridine rings is 1. The van der Waals surface area contributed by atoms with Gasteiger partial charge in [0.2, 0.25) is 0 Å². The second-order valence-electron chi connectivity index (χ2n) is 6.48. The number of ether oxygens (including phenoxy) is 1. The number of fused-ring (bicyclic) bond motifs is 1. The molecule has 0 unspecified atom stereocenters. The summed E-state index contributed by atoms with van der Waals surface area (Å²) in [7, 11) is 0. The molecule has 1 fully saturated rings. The smallest absolute Gasteiger partial charge is 0.270 e. The van der Waals surface area contributed by atoms with Crippen molar-refractivity contribution in [1.29, 1.82) is 0 Å². The van der Waals surface area contributed by atoms with E-state index in [-0.39, 0.29) is 11.9 Å². The van der Waals surface area contributed by atoms with Gasteiger partial charge in [-0.2, -0.15) is 0 Å². The van der Waals surface area contributed by atoms with Crippen LogP contribution in [0.4, 0.5) is 0 Å². The minimum absolute atomic E-state index is 0.119. The number of aromatic nitrogens is 3. The molecule has 1 aliphatic rings. The van der Waals surface area contributed by atoms with Gasteiger partial charge in [-0.25, -0.2) is 15.0 Å². The van der Waals surface area contributed by atoms with E-state index in [1.54, 1.807) is 11.3 Å². The highest BCUT2D eigenvalue weighted by molar-refractivity contribution is 7.17. The van der Waals surface area contributed by atoms with E-state index in [1.165, 1.54) is 0 Å². The van der Waals surface area contributed by atoms with E-state index in [4.69, 9.17) is 4.74 Å². The van der Waals surface area contributed by atoms with Crippen molar-refractivity contribution in [3.8, 4) is 0 Å². The fraction of sp³-hybridized carbons (Fsp3) is 0.368. The molecule has 3 aromatic rings. The molecule has 0 bridgehead atoms. The molecule has 1 saturated heterocycles. The number of rotatable bonds is 4. The van der Waals surface area contributed by atoms with E-state index in [0.717, 1.165) is 40.0 Å². The van der Waals surface area contributed by atoms with Crippen LogP contribution in [0.25, 0.3) is 10.2 Å². The van der Waals surface area contributed by atoms with E-state index < -0.39 is 0 Å². The van der Waals surface area contributed by atoms with E-state index >= 15 is 0 Å². The Morgan fingerprint density at radius 3 is 2.85 bits per heavy atom. The minimum atomic E-state index is -0.119. The van der Waals surface area contributed by atoms with Crippen LogP contribution in [-0.4, -0.2) is 40.1 Å².